The Kier molecular flexibility index (Phi) is 4.77. The molecule has 2 atom stereocenters. The summed E-state index contributed by atoms with van der Waals surface area (Å²) in [6.45, 7) is 9.49. The predicted molar refractivity (Wildman–Crippen MR) is 96.1 cm³/mol. The molecule has 0 spiro atoms. The summed E-state index contributed by atoms with van der Waals surface area (Å²) < 4.78 is 21.2. The van der Waals surface area contributed by atoms with Gasteiger partial charge < -0.3 is 20.7 Å². The highest BCUT2D eigenvalue weighted by atomic mass is 19.1. The quantitative estimate of drug-likeness (QED) is 0.784. The molecule has 3 rings (SSSR count). The van der Waals surface area contributed by atoms with E-state index in [4.69, 9.17) is 4.74 Å². The van der Waals surface area contributed by atoms with E-state index in [9.17, 15) is 4.79 Å². The third-order valence-corrected chi connectivity index (χ3v) is 5.15. The fourth-order valence-electron chi connectivity index (χ4n) is 3.81. The maximum atomic E-state index is 15.0. The summed E-state index contributed by atoms with van der Waals surface area (Å²) in [5, 5.41) is 8.94. The number of anilines is 1. The van der Waals surface area contributed by atoms with Crippen molar-refractivity contribution in [3.8, 4) is 0 Å². The molecule has 5 nitrogen and oxygen atoms in total. The molecule has 2 aliphatic rings. The van der Waals surface area contributed by atoms with E-state index in [0.29, 0.717) is 17.9 Å². The highest BCUT2D eigenvalue weighted by Gasteiger charge is 2.51. The van der Waals surface area contributed by atoms with E-state index >= 15 is 4.39 Å². The first kappa shape index (κ1) is 18.1. The van der Waals surface area contributed by atoms with Crippen LogP contribution in [0.5, 0.6) is 0 Å². The maximum absolute atomic E-state index is 15.0. The van der Waals surface area contributed by atoms with Crippen molar-refractivity contribution < 1.29 is 13.9 Å². The molecule has 1 aliphatic carbocycles. The number of hydrogen-bond acceptors (Lipinski definition) is 3. The Morgan fingerprint density at radius 3 is 2.64 bits per heavy atom. The lowest BCUT2D eigenvalue weighted by molar-refractivity contribution is -0.165. The molecule has 1 heterocycles. The number of urea groups is 1. The highest BCUT2D eigenvalue weighted by molar-refractivity contribution is 5.89. The Labute approximate surface area is 148 Å². The molecule has 6 heteroatoms. The Hall–Kier alpha value is -1.66. The van der Waals surface area contributed by atoms with Crippen LogP contribution in [-0.4, -0.2) is 31.3 Å². The van der Waals surface area contributed by atoms with Crippen LogP contribution in [-0.2, 0) is 10.3 Å². The largest absolute Gasteiger partial charge is 0.367 e. The number of halogens is 1. The van der Waals surface area contributed by atoms with Crippen molar-refractivity contribution in [1.29, 1.82) is 0 Å². The lowest BCUT2D eigenvalue weighted by Crippen LogP contribution is -2.61. The van der Waals surface area contributed by atoms with Crippen LogP contribution in [0.4, 0.5) is 14.9 Å². The van der Waals surface area contributed by atoms with Crippen molar-refractivity contribution in [1.82, 2.24) is 10.6 Å². The molecule has 1 aromatic rings. The van der Waals surface area contributed by atoms with Crippen LogP contribution in [0.3, 0.4) is 0 Å². The van der Waals surface area contributed by atoms with Gasteiger partial charge in [-0.3, -0.25) is 0 Å². The Balaban J connectivity index is 1.88. The number of ether oxygens (including phenoxy) is 1. The molecule has 1 saturated carbocycles. The fraction of sp³-hybridized carbons (Fsp3) is 0.632. The lowest BCUT2D eigenvalue weighted by Gasteiger charge is -2.51. The minimum Gasteiger partial charge on any atom is -0.367 e. The summed E-state index contributed by atoms with van der Waals surface area (Å²) in [4.78, 5) is 11.9. The summed E-state index contributed by atoms with van der Waals surface area (Å²) in [5.41, 5.74) is -0.115. The topological polar surface area (TPSA) is 62.4 Å². The molecule has 1 aliphatic heterocycles. The highest BCUT2D eigenvalue weighted by Crippen LogP contribution is 2.47. The Morgan fingerprint density at radius 2 is 2.08 bits per heavy atom. The molecular formula is C19H28FN3O2. The van der Waals surface area contributed by atoms with Gasteiger partial charge in [-0.2, -0.15) is 0 Å². The van der Waals surface area contributed by atoms with E-state index in [0.717, 1.165) is 19.4 Å². The van der Waals surface area contributed by atoms with Crippen molar-refractivity contribution in [3.05, 3.63) is 29.6 Å². The first-order valence-electron chi connectivity index (χ1n) is 8.99. The normalized spacial score (nSPS) is 27.0. The number of nitrogens with one attached hydrogen (secondary N) is 3. The summed E-state index contributed by atoms with van der Waals surface area (Å²) in [6, 6.07) is 4.78. The van der Waals surface area contributed by atoms with Crippen molar-refractivity contribution in [2.75, 3.05) is 18.5 Å². The van der Waals surface area contributed by atoms with Gasteiger partial charge in [0.1, 0.15) is 11.4 Å². The van der Waals surface area contributed by atoms with Crippen LogP contribution >= 0.6 is 0 Å². The number of hydrogen-bond donors (Lipinski definition) is 3. The number of amides is 2. The molecular weight excluding hydrogens is 321 g/mol. The van der Waals surface area contributed by atoms with E-state index in [1.165, 1.54) is 6.07 Å². The van der Waals surface area contributed by atoms with Crippen LogP contribution in [0.2, 0.25) is 0 Å². The second-order valence-corrected chi connectivity index (χ2v) is 8.08. The molecule has 0 bridgehead atoms. The first-order chi connectivity index (χ1) is 11.7. The average Bonchev–Trinajstić information content (AvgIpc) is 3.31. The summed E-state index contributed by atoms with van der Waals surface area (Å²) >= 11 is 0. The maximum Gasteiger partial charge on any atom is 0.319 e. The van der Waals surface area contributed by atoms with Crippen molar-refractivity contribution in [2.45, 2.75) is 58.2 Å². The number of carbonyl (C=O) groups is 1. The van der Waals surface area contributed by atoms with Crippen LogP contribution in [0.15, 0.2) is 18.2 Å². The second kappa shape index (κ2) is 6.57. The Bertz CT molecular complexity index is 655. The third kappa shape index (κ3) is 3.51. The lowest BCUT2D eigenvalue weighted by atomic mass is 9.67. The molecule has 138 valence electrons. The van der Waals surface area contributed by atoms with Gasteiger partial charge in [0, 0.05) is 29.9 Å². The van der Waals surface area contributed by atoms with E-state index in [1.54, 1.807) is 12.1 Å². The standard InChI is InChI=1S/C19H28FN3O2/c1-12-19(18(2,3)4,25-10-9-21-12)15-8-7-14(11-16(15)20)23-17(24)22-13-5-6-13/h7-8,11-13,21H,5-6,9-10H2,1-4H3,(H2,22,23,24)/t12?,19-/m0/s1. The summed E-state index contributed by atoms with van der Waals surface area (Å²) in [5.74, 6) is -0.366. The average molecular weight is 349 g/mol. The summed E-state index contributed by atoms with van der Waals surface area (Å²) in [6.07, 6.45) is 2.02. The fourth-order valence-corrected chi connectivity index (χ4v) is 3.81. The van der Waals surface area contributed by atoms with Gasteiger partial charge in [-0.25, -0.2) is 9.18 Å². The zero-order chi connectivity index (χ0) is 18.2. The van der Waals surface area contributed by atoms with Crippen molar-refractivity contribution in [2.24, 2.45) is 5.41 Å². The van der Waals surface area contributed by atoms with E-state index in [2.05, 4.69) is 36.7 Å². The van der Waals surface area contributed by atoms with Crippen molar-refractivity contribution in [3.63, 3.8) is 0 Å². The second-order valence-electron chi connectivity index (χ2n) is 8.08. The number of carbonyl (C=O) groups excluding carboxylic acids is 1. The zero-order valence-corrected chi connectivity index (χ0v) is 15.4. The smallest absolute Gasteiger partial charge is 0.319 e. The van der Waals surface area contributed by atoms with Gasteiger partial charge in [-0.1, -0.05) is 26.8 Å². The van der Waals surface area contributed by atoms with E-state index < -0.39 is 5.60 Å². The van der Waals surface area contributed by atoms with Crippen LogP contribution < -0.4 is 16.0 Å². The SMILES string of the molecule is CC1NCCO[C@@]1(c1ccc(NC(=O)NC2CC2)cc1F)C(C)(C)C. The summed E-state index contributed by atoms with van der Waals surface area (Å²) in [7, 11) is 0. The third-order valence-electron chi connectivity index (χ3n) is 5.15. The molecule has 2 amide bonds. The molecule has 0 aromatic heterocycles. The van der Waals surface area contributed by atoms with Gasteiger partial charge in [0.2, 0.25) is 0 Å². The van der Waals surface area contributed by atoms with Crippen molar-refractivity contribution >= 4 is 11.7 Å². The van der Waals surface area contributed by atoms with E-state index in [-0.39, 0.29) is 29.3 Å². The number of morpholine rings is 1. The molecule has 25 heavy (non-hydrogen) atoms. The van der Waals surface area contributed by atoms with E-state index in [1.807, 2.05) is 6.92 Å². The van der Waals surface area contributed by atoms with Crippen LogP contribution in [0, 0.1) is 11.2 Å². The molecule has 0 radical (unpaired) electrons. The minimum atomic E-state index is -0.774. The molecule has 1 saturated heterocycles. The first-order valence-corrected chi connectivity index (χ1v) is 8.99. The number of rotatable bonds is 3. The predicted octanol–water partition coefficient (Wildman–Crippen LogP) is 3.36. The van der Waals surface area contributed by atoms with Gasteiger partial charge in [0.05, 0.1) is 6.61 Å². The molecule has 1 aromatic carbocycles. The zero-order valence-electron chi connectivity index (χ0n) is 15.4. The minimum absolute atomic E-state index is 0.0345. The van der Waals surface area contributed by atoms with Gasteiger partial charge in [0.25, 0.3) is 0 Å². The molecule has 3 N–H and O–H groups in total. The molecule has 2 fully saturated rings. The van der Waals surface area contributed by atoms with Crippen LogP contribution in [0.25, 0.3) is 0 Å². The van der Waals surface area contributed by atoms with Crippen LogP contribution in [0.1, 0.15) is 46.1 Å². The van der Waals surface area contributed by atoms with Gasteiger partial charge in [-0.05, 0) is 37.3 Å². The van der Waals surface area contributed by atoms with Gasteiger partial charge in [0.15, 0.2) is 0 Å². The number of benzene rings is 1. The Morgan fingerprint density at radius 1 is 1.36 bits per heavy atom. The monoisotopic (exact) mass is 349 g/mol. The van der Waals surface area contributed by atoms with Gasteiger partial charge >= 0.3 is 6.03 Å². The molecule has 1 unspecified atom stereocenters. The van der Waals surface area contributed by atoms with Gasteiger partial charge in [-0.15, -0.1) is 0 Å².